The predicted molar refractivity (Wildman–Crippen MR) is 153 cm³/mol. The number of carbonyl (C=O) groups excluding carboxylic acids is 4. The number of rotatable bonds is 8. The van der Waals surface area contributed by atoms with Crippen LogP contribution in [0.15, 0.2) is 60.2 Å². The topological polar surface area (TPSA) is 114 Å². The number of ether oxygens (including phenoxy) is 2. The maximum absolute atomic E-state index is 13.3. The van der Waals surface area contributed by atoms with Crippen LogP contribution in [-0.4, -0.2) is 37.0 Å². The van der Waals surface area contributed by atoms with Crippen LogP contribution in [0.2, 0.25) is 5.02 Å². The summed E-state index contributed by atoms with van der Waals surface area (Å²) in [5.41, 5.74) is 3.72. The molecule has 0 saturated carbocycles. The number of anilines is 2. The second-order valence-electron chi connectivity index (χ2n) is 9.14. The molecule has 0 aliphatic carbocycles. The quantitative estimate of drug-likeness (QED) is 0.283. The summed E-state index contributed by atoms with van der Waals surface area (Å²) in [4.78, 5) is 51.9. The summed E-state index contributed by atoms with van der Waals surface area (Å²) in [6, 6.07) is 14.4. The number of hydrogen-bond donors (Lipinski definition) is 2. The number of halogens is 1. The number of carbonyl (C=O) groups is 4. The van der Waals surface area contributed by atoms with Gasteiger partial charge in [-0.25, -0.2) is 9.69 Å². The second-order valence-corrected chi connectivity index (χ2v) is 9.54. The SMILES string of the molecule is CCOc1cc(/C=C2/C(=O)NC(=O)N(c3cccc(Cl)c3C)C2=O)ccc1OCC(=O)Nc1ccc(C)cc1C. The number of barbiturate groups is 1. The highest BCUT2D eigenvalue weighted by atomic mass is 35.5. The average Bonchev–Trinajstić information content (AvgIpc) is 2.90. The molecule has 4 rings (SSSR count). The smallest absolute Gasteiger partial charge is 0.335 e. The Kier molecular flexibility index (Phi) is 8.55. The Hall–Kier alpha value is -4.63. The predicted octanol–water partition coefficient (Wildman–Crippen LogP) is 5.35. The van der Waals surface area contributed by atoms with Gasteiger partial charge in [-0.3, -0.25) is 19.7 Å². The first kappa shape index (κ1) is 28.4. The summed E-state index contributed by atoms with van der Waals surface area (Å²) in [5.74, 6) is -1.33. The third-order valence-corrected chi connectivity index (χ3v) is 6.58. The van der Waals surface area contributed by atoms with E-state index in [0.29, 0.717) is 39.9 Å². The Labute approximate surface area is 236 Å². The van der Waals surface area contributed by atoms with Gasteiger partial charge in [0.05, 0.1) is 12.3 Å². The molecule has 0 unspecified atom stereocenters. The zero-order valence-corrected chi connectivity index (χ0v) is 23.2. The van der Waals surface area contributed by atoms with Gasteiger partial charge in [0.25, 0.3) is 17.7 Å². The van der Waals surface area contributed by atoms with Gasteiger partial charge < -0.3 is 14.8 Å². The van der Waals surface area contributed by atoms with Crippen molar-refractivity contribution in [2.75, 3.05) is 23.4 Å². The van der Waals surface area contributed by atoms with Crippen LogP contribution in [0.25, 0.3) is 6.08 Å². The fraction of sp³-hybridized carbons (Fsp3) is 0.200. The van der Waals surface area contributed by atoms with E-state index >= 15 is 0 Å². The van der Waals surface area contributed by atoms with Crippen molar-refractivity contribution in [2.45, 2.75) is 27.7 Å². The molecule has 5 amide bonds. The first-order valence-corrected chi connectivity index (χ1v) is 12.9. The van der Waals surface area contributed by atoms with Crippen molar-refractivity contribution in [3.8, 4) is 11.5 Å². The molecule has 1 heterocycles. The lowest BCUT2D eigenvalue weighted by Gasteiger charge is -2.27. The number of urea groups is 1. The van der Waals surface area contributed by atoms with E-state index in [2.05, 4.69) is 10.6 Å². The Bertz CT molecular complexity index is 1550. The molecule has 3 aromatic rings. The minimum absolute atomic E-state index is 0.247. The van der Waals surface area contributed by atoms with E-state index in [-0.39, 0.29) is 23.8 Å². The minimum atomic E-state index is -0.865. The van der Waals surface area contributed by atoms with Crippen molar-refractivity contribution >= 4 is 52.8 Å². The van der Waals surface area contributed by atoms with Gasteiger partial charge in [-0.05, 0) is 80.8 Å². The third-order valence-electron chi connectivity index (χ3n) is 6.18. The molecular weight excluding hydrogens is 534 g/mol. The van der Waals surface area contributed by atoms with Gasteiger partial charge in [-0.1, -0.05) is 41.4 Å². The fourth-order valence-electron chi connectivity index (χ4n) is 4.17. The highest BCUT2D eigenvalue weighted by Crippen LogP contribution is 2.32. The second kappa shape index (κ2) is 12.0. The molecule has 1 fully saturated rings. The van der Waals surface area contributed by atoms with Crippen LogP contribution in [0.3, 0.4) is 0 Å². The standard InChI is InChI=1S/C30H28ClN3O6/c1-5-39-26-15-20(10-12-25(26)40-16-27(35)32-23-11-9-17(2)13-18(23)3)14-21-28(36)33-30(38)34(29(21)37)24-8-6-7-22(31)19(24)4/h6-15H,5,16H2,1-4H3,(H,32,35)(H,33,36,38)/b21-14-. The monoisotopic (exact) mass is 561 g/mol. The highest BCUT2D eigenvalue weighted by Gasteiger charge is 2.37. The largest absolute Gasteiger partial charge is 0.490 e. The molecule has 40 heavy (non-hydrogen) atoms. The summed E-state index contributed by atoms with van der Waals surface area (Å²) in [7, 11) is 0. The molecule has 9 nitrogen and oxygen atoms in total. The lowest BCUT2D eigenvalue weighted by Crippen LogP contribution is -2.54. The van der Waals surface area contributed by atoms with E-state index in [1.54, 1.807) is 50.2 Å². The average molecular weight is 562 g/mol. The van der Waals surface area contributed by atoms with Crippen LogP contribution < -0.4 is 25.0 Å². The number of imide groups is 2. The van der Waals surface area contributed by atoms with Gasteiger partial charge in [-0.15, -0.1) is 0 Å². The summed E-state index contributed by atoms with van der Waals surface area (Å²) >= 11 is 6.18. The maximum Gasteiger partial charge on any atom is 0.335 e. The number of nitrogens with one attached hydrogen (secondary N) is 2. The molecule has 1 saturated heterocycles. The Morgan fingerprint density at radius 3 is 2.50 bits per heavy atom. The molecule has 10 heteroatoms. The third kappa shape index (κ3) is 6.16. The van der Waals surface area contributed by atoms with E-state index in [1.807, 2.05) is 32.0 Å². The summed E-state index contributed by atoms with van der Waals surface area (Å²) in [5, 5.41) is 5.40. The Morgan fingerprint density at radius 1 is 1.00 bits per heavy atom. The molecule has 1 aliphatic heterocycles. The lowest BCUT2D eigenvalue weighted by atomic mass is 10.1. The summed E-state index contributed by atoms with van der Waals surface area (Å²) in [6.45, 7) is 7.39. The van der Waals surface area contributed by atoms with E-state index in [4.69, 9.17) is 21.1 Å². The summed E-state index contributed by atoms with van der Waals surface area (Å²) < 4.78 is 11.4. The van der Waals surface area contributed by atoms with Crippen LogP contribution in [0.4, 0.5) is 16.2 Å². The van der Waals surface area contributed by atoms with Gasteiger partial charge in [0.15, 0.2) is 18.1 Å². The van der Waals surface area contributed by atoms with Crippen molar-refractivity contribution in [3.63, 3.8) is 0 Å². The van der Waals surface area contributed by atoms with Crippen molar-refractivity contribution in [1.29, 1.82) is 0 Å². The van der Waals surface area contributed by atoms with E-state index in [1.165, 1.54) is 6.08 Å². The Morgan fingerprint density at radius 2 is 1.77 bits per heavy atom. The van der Waals surface area contributed by atoms with Crippen LogP contribution >= 0.6 is 11.6 Å². The van der Waals surface area contributed by atoms with Gasteiger partial charge in [0, 0.05) is 10.7 Å². The van der Waals surface area contributed by atoms with Crippen LogP contribution in [0.1, 0.15) is 29.2 Å². The number of benzene rings is 3. The number of nitrogens with zero attached hydrogens (tertiary/aromatic N) is 1. The number of aryl methyl sites for hydroxylation is 2. The minimum Gasteiger partial charge on any atom is -0.490 e. The first-order valence-electron chi connectivity index (χ1n) is 12.5. The maximum atomic E-state index is 13.3. The van der Waals surface area contributed by atoms with E-state index in [9.17, 15) is 19.2 Å². The van der Waals surface area contributed by atoms with Crippen LogP contribution in [0, 0.1) is 20.8 Å². The molecule has 2 N–H and O–H groups in total. The molecular formula is C30H28ClN3O6. The van der Waals surface area contributed by atoms with Crippen molar-refractivity contribution in [1.82, 2.24) is 5.32 Å². The first-order chi connectivity index (χ1) is 19.1. The molecule has 1 aliphatic rings. The molecule has 3 aromatic carbocycles. The van der Waals surface area contributed by atoms with Crippen molar-refractivity contribution in [2.24, 2.45) is 0 Å². The normalized spacial score (nSPS) is 14.3. The zero-order valence-electron chi connectivity index (χ0n) is 22.5. The number of amides is 5. The van der Waals surface area contributed by atoms with Gasteiger partial charge >= 0.3 is 6.03 Å². The molecule has 0 bridgehead atoms. The van der Waals surface area contributed by atoms with Crippen molar-refractivity contribution in [3.05, 3.63) is 87.4 Å². The highest BCUT2D eigenvalue weighted by molar-refractivity contribution is 6.40. The fourth-order valence-corrected chi connectivity index (χ4v) is 4.34. The zero-order chi connectivity index (χ0) is 29.0. The molecule has 0 aromatic heterocycles. The summed E-state index contributed by atoms with van der Waals surface area (Å²) in [6.07, 6.45) is 1.36. The van der Waals surface area contributed by atoms with Crippen molar-refractivity contribution < 1.29 is 28.7 Å². The Balaban J connectivity index is 1.55. The van der Waals surface area contributed by atoms with E-state index in [0.717, 1.165) is 16.0 Å². The van der Waals surface area contributed by atoms with Crippen LogP contribution in [0.5, 0.6) is 11.5 Å². The van der Waals surface area contributed by atoms with Gasteiger partial charge in [0.2, 0.25) is 0 Å². The molecule has 206 valence electrons. The number of hydrogen-bond acceptors (Lipinski definition) is 6. The van der Waals surface area contributed by atoms with Gasteiger partial charge in [-0.2, -0.15) is 0 Å². The van der Waals surface area contributed by atoms with Gasteiger partial charge in [0.1, 0.15) is 5.57 Å². The lowest BCUT2D eigenvalue weighted by molar-refractivity contribution is -0.122. The van der Waals surface area contributed by atoms with Crippen LogP contribution in [-0.2, 0) is 14.4 Å². The van der Waals surface area contributed by atoms with E-state index < -0.39 is 17.8 Å². The molecule has 0 radical (unpaired) electrons. The molecule has 0 atom stereocenters. The molecule has 0 spiro atoms.